The molecule has 1 fully saturated rings. The van der Waals surface area contributed by atoms with E-state index in [9.17, 15) is 14.4 Å². The van der Waals surface area contributed by atoms with E-state index in [4.69, 9.17) is 4.74 Å². The maximum atomic E-state index is 12.0. The molecule has 0 radical (unpaired) electrons. The topological polar surface area (TPSA) is 75.7 Å². The largest absolute Gasteiger partial charge is 0.448 e. The second kappa shape index (κ2) is 4.96. The predicted octanol–water partition coefficient (Wildman–Crippen LogP) is 1.17. The molecule has 2 aliphatic rings. The van der Waals surface area contributed by atoms with Gasteiger partial charge in [-0.2, -0.15) is 0 Å². The van der Waals surface area contributed by atoms with Crippen molar-refractivity contribution in [1.82, 2.24) is 10.2 Å². The molecule has 6 nitrogen and oxygen atoms in total. The highest BCUT2D eigenvalue weighted by Crippen LogP contribution is 2.22. The van der Waals surface area contributed by atoms with Crippen LogP contribution in [0.5, 0.6) is 0 Å². The van der Waals surface area contributed by atoms with E-state index in [1.807, 2.05) is 0 Å². The molecule has 1 aromatic rings. The van der Waals surface area contributed by atoms with Crippen molar-refractivity contribution in [2.45, 2.75) is 18.9 Å². The third kappa shape index (κ3) is 2.36. The number of carbonyl (C=O) groups is 3. The van der Waals surface area contributed by atoms with E-state index < -0.39 is 6.09 Å². The van der Waals surface area contributed by atoms with Gasteiger partial charge in [-0.05, 0) is 25.0 Å². The zero-order valence-electron chi connectivity index (χ0n) is 10.8. The summed E-state index contributed by atoms with van der Waals surface area (Å²) >= 11 is 0. The number of rotatable bonds is 4. The molecule has 104 valence electrons. The Hall–Kier alpha value is -2.37. The molecule has 0 spiro atoms. The van der Waals surface area contributed by atoms with Crippen LogP contribution in [0, 0.1) is 0 Å². The minimum absolute atomic E-state index is 0.00399. The third-order valence-corrected chi connectivity index (χ3v) is 3.33. The van der Waals surface area contributed by atoms with E-state index in [0.29, 0.717) is 11.1 Å². The lowest BCUT2D eigenvalue weighted by Gasteiger charge is -2.13. The molecule has 1 N–H and O–H groups in total. The van der Waals surface area contributed by atoms with E-state index >= 15 is 0 Å². The molecule has 1 saturated carbocycles. The molecule has 1 aromatic carbocycles. The number of benzene rings is 1. The number of nitrogens with zero attached hydrogens (tertiary/aromatic N) is 1. The van der Waals surface area contributed by atoms with E-state index in [0.717, 1.165) is 17.7 Å². The lowest BCUT2D eigenvalue weighted by molar-refractivity contribution is 0.0604. The zero-order valence-corrected chi connectivity index (χ0v) is 10.8. The second-order valence-electron chi connectivity index (χ2n) is 4.86. The molecule has 20 heavy (non-hydrogen) atoms. The van der Waals surface area contributed by atoms with Gasteiger partial charge < -0.3 is 10.1 Å². The summed E-state index contributed by atoms with van der Waals surface area (Å²) in [5.74, 6) is -0.673. The molecule has 0 aromatic heterocycles. The highest BCUT2D eigenvalue weighted by molar-refractivity contribution is 6.21. The number of hydrogen-bond donors (Lipinski definition) is 1. The number of imide groups is 1. The number of fused-ring (bicyclic) bond motifs is 1. The molecule has 3 amide bonds. The van der Waals surface area contributed by atoms with Crippen LogP contribution >= 0.6 is 0 Å². The highest BCUT2D eigenvalue weighted by atomic mass is 16.5. The number of nitrogens with one attached hydrogen (secondary N) is 1. The quantitative estimate of drug-likeness (QED) is 0.836. The Morgan fingerprint density at radius 2 is 1.80 bits per heavy atom. The van der Waals surface area contributed by atoms with E-state index in [-0.39, 0.29) is 31.0 Å². The molecule has 0 bridgehead atoms. The van der Waals surface area contributed by atoms with E-state index in [1.165, 1.54) is 0 Å². The molecule has 0 unspecified atom stereocenters. The van der Waals surface area contributed by atoms with Gasteiger partial charge in [0.2, 0.25) is 0 Å². The normalized spacial score (nSPS) is 17.1. The Balaban J connectivity index is 1.55. The summed E-state index contributed by atoms with van der Waals surface area (Å²) in [6.45, 7) is 0.0778. The van der Waals surface area contributed by atoms with Crippen molar-refractivity contribution in [2.24, 2.45) is 0 Å². The Kier molecular flexibility index (Phi) is 3.14. The predicted molar refractivity (Wildman–Crippen MR) is 69.3 cm³/mol. The van der Waals surface area contributed by atoms with Crippen LogP contribution in [0.1, 0.15) is 33.6 Å². The summed E-state index contributed by atoms with van der Waals surface area (Å²) in [5, 5.41) is 2.67. The number of hydrogen-bond acceptors (Lipinski definition) is 4. The molecule has 3 rings (SSSR count). The summed E-state index contributed by atoms with van der Waals surface area (Å²) < 4.78 is 4.95. The minimum Gasteiger partial charge on any atom is -0.448 e. The number of carbonyl (C=O) groups excluding carboxylic acids is 3. The van der Waals surface area contributed by atoms with Crippen LogP contribution in [-0.2, 0) is 4.74 Å². The molecule has 0 saturated heterocycles. The Morgan fingerprint density at radius 3 is 2.35 bits per heavy atom. The summed E-state index contributed by atoms with van der Waals surface area (Å²) in [4.78, 5) is 36.5. The van der Waals surface area contributed by atoms with Gasteiger partial charge in [-0.1, -0.05) is 12.1 Å². The van der Waals surface area contributed by atoms with Crippen molar-refractivity contribution in [3.8, 4) is 0 Å². The van der Waals surface area contributed by atoms with Crippen molar-refractivity contribution in [1.29, 1.82) is 0 Å². The SMILES string of the molecule is O=C(NC1CC1)OCCN1C(=O)c2ccccc2C1=O. The Bertz CT molecular complexity index is 545. The van der Waals surface area contributed by atoms with Crippen LogP contribution in [-0.4, -0.2) is 42.0 Å². The van der Waals surface area contributed by atoms with Gasteiger partial charge in [0.15, 0.2) is 0 Å². The second-order valence-corrected chi connectivity index (χ2v) is 4.86. The summed E-state index contributed by atoms with van der Waals surface area (Å²) in [6.07, 6.45) is 1.46. The van der Waals surface area contributed by atoms with Crippen molar-refractivity contribution < 1.29 is 19.1 Å². The van der Waals surface area contributed by atoms with Crippen molar-refractivity contribution in [3.63, 3.8) is 0 Å². The smallest absolute Gasteiger partial charge is 0.407 e. The average molecular weight is 274 g/mol. The lowest BCUT2D eigenvalue weighted by Crippen LogP contribution is -2.35. The molecule has 1 aliphatic carbocycles. The van der Waals surface area contributed by atoms with Crippen molar-refractivity contribution >= 4 is 17.9 Å². The fourth-order valence-corrected chi connectivity index (χ4v) is 2.11. The van der Waals surface area contributed by atoms with Gasteiger partial charge in [-0.3, -0.25) is 14.5 Å². The van der Waals surface area contributed by atoms with Gasteiger partial charge in [0.25, 0.3) is 11.8 Å². The third-order valence-electron chi connectivity index (χ3n) is 3.33. The van der Waals surface area contributed by atoms with E-state index in [1.54, 1.807) is 24.3 Å². The molecular weight excluding hydrogens is 260 g/mol. The first kappa shape index (κ1) is 12.7. The van der Waals surface area contributed by atoms with Crippen LogP contribution in [0.25, 0.3) is 0 Å². The van der Waals surface area contributed by atoms with Crippen LogP contribution in [0.3, 0.4) is 0 Å². The summed E-state index contributed by atoms with van der Waals surface area (Å²) in [7, 11) is 0. The van der Waals surface area contributed by atoms with Crippen LogP contribution in [0.2, 0.25) is 0 Å². The standard InChI is InChI=1S/C14H14N2O4/c17-12-10-3-1-2-4-11(10)13(18)16(12)7-8-20-14(19)15-9-5-6-9/h1-4,9H,5-8H2,(H,15,19). The zero-order chi connectivity index (χ0) is 14.1. The molecule has 6 heteroatoms. The minimum atomic E-state index is -0.496. The van der Waals surface area contributed by atoms with Crippen molar-refractivity contribution in [3.05, 3.63) is 35.4 Å². The summed E-state index contributed by atoms with van der Waals surface area (Å²) in [5.41, 5.74) is 0.805. The Morgan fingerprint density at radius 1 is 1.20 bits per heavy atom. The monoisotopic (exact) mass is 274 g/mol. The first-order valence-electron chi connectivity index (χ1n) is 6.55. The average Bonchev–Trinajstić information content (AvgIpc) is 3.22. The van der Waals surface area contributed by atoms with Crippen LogP contribution in [0.4, 0.5) is 4.79 Å². The Labute approximate surface area is 115 Å². The maximum absolute atomic E-state index is 12.0. The first-order valence-corrected chi connectivity index (χ1v) is 6.55. The van der Waals surface area contributed by atoms with Gasteiger partial charge in [0.05, 0.1) is 17.7 Å². The van der Waals surface area contributed by atoms with Gasteiger partial charge in [-0.15, -0.1) is 0 Å². The maximum Gasteiger partial charge on any atom is 0.407 e. The first-order chi connectivity index (χ1) is 9.66. The number of amides is 3. The van der Waals surface area contributed by atoms with E-state index in [2.05, 4.69) is 5.32 Å². The van der Waals surface area contributed by atoms with Crippen LogP contribution in [0.15, 0.2) is 24.3 Å². The van der Waals surface area contributed by atoms with Crippen LogP contribution < -0.4 is 5.32 Å². The number of alkyl carbamates (subject to hydrolysis) is 1. The van der Waals surface area contributed by atoms with Gasteiger partial charge in [-0.25, -0.2) is 4.79 Å². The fraction of sp³-hybridized carbons (Fsp3) is 0.357. The molecule has 1 aliphatic heterocycles. The fourth-order valence-electron chi connectivity index (χ4n) is 2.11. The van der Waals surface area contributed by atoms with Crippen molar-refractivity contribution in [2.75, 3.05) is 13.2 Å². The lowest BCUT2D eigenvalue weighted by atomic mass is 10.1. The van der Waals surface area contributed by atoms with Gasteiger partial charge in [0.1, 0.15) is 6.61 Å². The molecular formula is C14H14N2O4. The number of ether oxygens (including phenoxy) is 1. The summed E-state index contributed by atoms with van der Waals surface area (Å²) in [6, 6.07) is 6.90. The van der Waals surface area contributed by atoms with Gasteiger partial charge >= 0.3 is 6.09 Å². The highest BCUT2D eigenvalue weighted by Gasteiger charge is 2.34. The molecule has 0 atom stereocenters. The van der Waals surface area contributed by atoms with Gasteiger partial charge in [0, 0.05) is 6.04 Å². The molecule has 1 heterocycles.